The largest absolute Gasteiger partial charge is 0.312 e. The third-order valence-corrected chi connectivity index (χ3v) is 4.55. The maximum Gasteiger partial charge on any atom is 0.123 e. The van der Waals surface area contributed by atoms with Crippen molar-refractivity contribution in [3.8, 4) is 0 Å². The molecule has 2 heteroatoms. The highest BCUT2D eigenvalue weighted by Gasteiger charge is 2.57. The quantitative estimate of drug-likeness (QED) is 0.844. The van der Waals surface area contributed by atoms with Gasteiger partial charge in [-0.05, 0) is 75.8 Å². The van der Waals surface area contributed by atoms with E-state index in [-0.39, 0.29) is 11.4 Å². The third-order valence-electron chi connectivity index (χ3n) is 4.55. The Hall–Kier alpha value is -0.890. The SMILES string of the molecule is CC(C)(C)NCC1CC12CCc1cc(F)ccc12. The minimum atomic E-state index is -0.0872. The molecule has 2 aliphatic carbocycles. The van der Waals surface area contributed by atoms with E-state index in [0.29, 0.717) is 5.41 Å². The number of hydrogen-bond donors (Lipinski definition) is 1. The van der Waals surface area contributed by atoms with E-state index in [9.17, 15) is 4.39 Å². The van der Waals surface area contributed by atoms with Gasteiger partial charge in [0.2, 0.25) is 0 Å². The Bertz CT molecular complexity index is 474. The molecule has 0 aliphatic heterocycles. The van der Waals surface area contributed by atoms with Crippen LogP contribution in [0, 0.1) is 11.7 Å². The first-order chi connectivity index (χ1) is 8.41. The lowest BCUT2D eigenvalue weighted by atomic mass is 9.95. The van der Waals surface area contributed by atoms with E-state index in [0.717, 1.165) is 18.9 Å². The van der Waals surface area contributed by atoms with Crippen LogP contribution in [-0.4, -0.2) is 12.1 Å². The molecular weight excluding hydrogens is 225 g/mol. The molecule has 2 unspecified atom stereocenters. The molecule has 18 heavy (non-hydrogen) atoms. The number of benzene rings is 1. The van der Waals surface area contributed by atoms with Gasteiger partial charge in [-0.15, -0.1) is 0 Å². The summed E-state index contributed by atoms with van der Waals surface area (Å²) in [5.41, 5.74) is 3.23. The number of fused-ring (bicyclic) bond motifs is 2. The summed E-state index contributed by atoms with van der Waals surface area (Å²) in [5.74, 6) is 0.652. The molecule has 0 bridgehead atoms. The lowest BCUT2D eigenvalue weighted by Crippen LogP contribution is -2.38. The maximum atomic E-state index is 13.2. The molecule has 2 atom stereocenters. The highest BCUT2D eigenvalue weighted by molar-refractivity contribution is 5.45. The van der Waals surface area contributed by atoms with Crippen molar-refractivity contribution in [1.82, 2.24) is 5.32 Å². The van der Waals surface area contributed by atoms with Gasteiger partial charge in [0.25, 0.3) is 0 Å². The summed E-state index contributed by atoms with van der Waals surface area (Å²) in [4.78, 5) is 0. The first kappa shape index (κ1) is 12.2. The standard InChI is InChI=1S/C16H22FN/c1-15(2,3)18-10-12-9-16(12)7-6-11-8-13(17)4-5-14(11)16/h4-5,8,12,18H,6-7,9-10H2,1-3H3. The number of nitrogens with one attached hydrogen (secondary N) is 1. The fraction of sp³-hybridized carbons (Fsp3) is 0.625. The predicted octanol–water partition coefficient (Wildman–Crippen LogP) is 3.42. The average Bonchev–Trinajstić information content (AvgIpc) is 2.86. The van der Waals surface area contributed by atoms with Gasteiger partial charge in [0.1, 0.15) is 5.82 Å². The summed E-state index contributed by atoms with van der Waals surface area (Å²) in [6.45, 7) is 7.71. The number of rotatable bonds is 2. The molecule has 0 heterocycles. The molecule has 0 radical (unpaired) electrons. The molecule has 1 fully saturated rings. The molecule has 1 nitrogen and oxygen atoms in total. The van der Waals surface area contributed by atoms with Crippen LogP contribution < -0.4 is 5.32 Å². The lowest BCUT2D eigenvalue weighted by molar-refractivity contribution is 0.402. The highest BCUT2D eigenvalue weighted by atomic mass is 19.1. The molecule has 2 aliphatic rings. The molecule has 1 saturated carbocycles. The molecule has 1 N–H and O–H groups in total. The second-order valence-electron chi connectivity index (χ2n) is 6.99. The van der Waals surface area contributed by atoms with Gasteiger partial charge in [-0.25, -0.2) is 4.39 Å². The Labute approximate surface area is 109 Å². The number of halogens is 1. The van der Waals surface area contributed by atoms with E-state index in [1.165, 1.54) is 24.0 Å². The Morgan fingerprint density at radius 3 is 2.89 bits per heavy atom. The van der Waals surface area contributed by atoms with Crippen LogP contribution in [0.4, 0.5) is 4.39 Å². The summed E-state index contributed by atoms with van der Waals surface area (Å²) in [7, 11) is 0. The lowest BCUT2D eigenvalue weighted by Gasteiger charge is -2.21. The molecule has 0 amide bonds. The second-order valence-corrected chi connectivity index (χ2v) is 6.99. The van der Waals surface area contributed by atoms with Gasteiger partial charge >= 0.3 is 0 Å². The van der Waals surface area contributed by atoms with Gasteiger partial charge in [-0.1, -0.05) is 6.07 Å². The first-order valence-electron chi connectivity index (χ1n) is 6.95. The second kappa shape index (κ2) is 3.80. The molecule has 0 saturated heterocycles. The zero-order valence-electron chi connectivity index (χ0n) is 11.5. The molecule has 0 aromatic heterocycles. The van der Waals surface area contributed by atoms with Crippen molar-refractivity contribution >= 4 is 0 Å². The Morgan fingerprint density at radius 1 is 1.39 bits per heavy atom. The van der Waals surface area contributed by atoms with Crippen molar-refractivity contribution in [3.05, 3.63) is 35.1 Å². The summed E-state index contributed by atoms with van der Waals surface area (Å²) < 4.78 is 13.2. The zero-order chi connectivity index (χ0) is 13.0. The average molecular weight is 247 g/mol. The minimum absolute atomic E-state index is 0.0872. The summed E-state index contributed by atoms with van der Waals surface area (Å²) in [5, 5.41) is 3.60. The van der Waals surface area contributed by atoms with E-state index < -0.39 is 0 Å². The monoisotopic (exact) mass is 247 g/mol. The zero-order valence-corrected chi connectivity index (χ0v) is 11.5. The molecule has 1 spiro atoms. The minimum Gasteiger partial charge on any atom is -0.312 e. The van der Waals surface area contributed by atoms with Crippen molar-refractivity contribution < 1.29 is 4.39 Å². The number of hydrogen-bond acceptors (Lipinski definition) is 1. The Balaban J connectivity index is 1.74. The summed E-state index contributed by atoms with van der Waals surface area (Å²) >= 11 is 0. The Kier molecular flexibility index (Phi) is 2.57. The van der Waals surface area contributed by atoms with E-state index in [1.807, 2.05) is 6.07 Å². The predicted molar refractivity (Wildman–Crippen MR) is 72.3 cm³/mol. The topological polar surface area (TPSA) is 12.0 Å². The number of aryl methyl sites for hydroxylation is 1. The van der Waals surface area contributed by atoms with E-state index in [1.54, 1.807) is 12.1 Å². The molecule has 98 valence electrons. The van der Waals surface area contributed by atoms with Gasteiger partial charge in [0.05, 0.1) is 0 Å². The van der Waals surface area contributed by atoms with Gasteiger partial charge in [0.15, 0.2) is 0 Å². The van der Waals surface area contributed by atoms with Crippen LogP contribution in [-0.2, 0) is 11.8 Å². The van der Waals surface area contributed by atoms with Crippen molar-refractivity contribution in [3.63, 3.8) is 0 Å². The van der Waals surface area contributed by atoms with Crippen LogP contribution >= 0.6 is 0 Å². The van der Waals surface area contributed by atoms with Gasteiger partial charge in [-0.2, -0.15) is 0 Å². The first-order valence-corrected chi connectivity index (χ1v) is 6.95. The van der Waals surface area contributed by atoms with Crippen LogP contribution in [0.1, 0.15) is 44.7 Å². The smallest absolute Gasteiger partial charge is 0.123 e. The van der Waals surface area contributed by atoms with Crippen molar-refractivity contribution in [1.29, 1.82) is 0 Å². The molecule has 1 aromatic carbocycles. The van der Waals surface area contributed by atoms with Gasteiger partial charge in [-0.3, -0.25) is 0 Å². The van der Waals surface area contributed by atoms with Gasteiger partial charge in [0, 0.05) is 11.0 Å². The normalized spacial score (nSPS) is 29.7. The third kappa shape index (κ3) is 1.97. The van der Waals surface area contributed by atoms with Crippen molar-refractivity contribution in [2.24, 2.45) is 5.92 Å². The van der Waals surface area contributed by atoms with Crippen molar-refractivity contribution in [2.45, 2.75) is 51.0 Å². The van der Waals surface area contributed by atoms with Crippen LogP contribution in [0.3, 0.4) is 0 Å². The van der Waals surface area contributed by atoms with E-state index in [4.69, 9.17) is 0 Å². The molecule has 1 aromatic rings. The van der Waals surface area contributed by atoms with Crippen LogP contribution in [0.5, 0.6) is 0 Å². The molecule has 3 rings (SSSR count). The van der Waals surface area contributed by atoms with Crippen LogP contribution in [0.15, 0.2) is 18.2 Å². The molecular formula is C16H22FN. The summed E-state index contributed by atoms with van der Waals surface area (Å²) in [6, 6.07) is 5.38. The summed E-state index contributed by atoms with van der Waals surface area (Å²) in [6.07, 6.45) is 3.54. The fourth-order valence-electron chi connectivity index (χ4n) is 3.46. The Morgan fingerprint density at radius 2 is 2.17 bits per heavy atom. The van der Waals surface area contributed by atoms with E-state index >= 15 is 0 Å². The van der Waals surface area contributed by atoms with E-state index in [2.05, 4.69) is 26.1 Å². The fourth-order valence-corrected chi connectivity index (χ4v) is 3.46. The van der Waals surface area contributed by atoms with Gasteiger partial charge < -0.3 is 5.32 Å². The van der Waals surface area contributed by atoms with Crippen LogP contribution in [0.25, 0.3) is 0 Å². The highest BCUT2D eigenvalue weighted by Crippen LogP contribution is 2.61. The van der Waals surface area contributed by atoms with Crippen molar-refractivity contribution in [2.75, 3.05) is 6.54 Å². The maximum absolute atomic E-state index is 13.2. The van der Waals surface area contributed by atoms with Crippen LogP contribution in [0.2, 0.25) is 0 Å².